The van der Waals surface area contributed by atoms with Gasteiger partial charge in [-0.2, -0.15) is 13.2 Å². The van der Waals surface area contributed by atoms with Crippen LogP contribution in [-0.4, -0.2) is 39.6 Å². The summed E-state index contributed by atoms with van der Waals surface area (Å²) in [5.41, 5.74) is -3.09. The molecule has 0 bridgehead atoms. The topological polar surface area (TPSA) is 91.4 Å². The predicted molar refractivity (Wildman–Crippen MR) is 79.7 cm³/mol. The molecular formula is C15H17F3N4O3. The summed E-state index contributed by atoms with van der Waals surface area (Å²) >= 11 is 0. The molecular weight excluding hydrogens is 341 g/mol. The van der Waals surface area contributed by atoms with E-state index in [9.17, 15) is 27.6 Å². The monoisotopic (exact) mass is 358 g/mol. The molecule has 25 heavy (non-hydrogen) atoms. The summed E-state index contributed by atoms with van der Waals surface area (Å²) in [6.45, 7) is 2.89. The number of alkyl halides is 3. The standard InChI is InChI=1S/C15H17F3N4O3/c1-9(2)6-11(23)20-14(15(16,17)18)12(24)22(13(25)21-14)8-10-4-3-5-19-7-10/h3-5,7,9H,6,8H2,1-2H3,(H,20,23)(H,21,25). The third kappa shape index (κ3) is 3.72. The third-order valence-electron chi connectivity index (χ3n) is 3.51. The van der Waals surface area contributed by atoms with Crippen LogP contribution in [0, 0.1) is 5.92 Å². The highest BCUT2D eigenvalue weighted by molar-refractivity contribution is 6.08. The summed E-state index contributed by atoms with van der Waals surface area (Å²) in [6, 6.07) is 1.80. The molecule has 1 aliphatic heterocycles. The summed E-state index contributed by atoms with van der Waals surface area (Å²) < 4.78 is 40.7. The lowest BCUT2D eigenvalue weighted by Gasteiger charge is -2.30. The highest BCUT2D eigenvalue weighted by atomic mass is 19.4. The second kappa shape index (κ2) is 6.69. The number of amides is 4. The second-order valence-corrected chi connectivity index (χ2v) is 6.08. The van der Waals surface area contributed by atoms with Crippen LogP contribution in [0.5, 0.6) is 0 Å². The fourth-order valence-electron chi connectivity index (χ4n) is 2.37. The number of aromatic nitrogens is 1. The third-order valence-corrected chi connectivity index (χ3v) is 3.51. The van der Waals surface area contributed by atoms with Gasteiger partial charge in [-0.1, -0.05) is 19.9 Å². The van der Waals surface area contributed by atoms with Gasteiger partial charge in [0.05, 0.1) is 6.54 Å². The van der Waals surface area contributed by atoms with Crippen molar-refractivity contribution >= 4 is 17.8 Å². The van der Waals surface area contributed by atoms with E-state index in [2.05, 4.69) is 4.98 Å². The Hall–Kier alpha value is -2.65. The molecule has 0 spiro atoms. The first kappa shape index (κ1) is 18.7. The first-order valence-corrected chi connectivity index (χ1v) is 7.47. The van der Waals surface area contributed by atoms with Gasteiger partial charge in [-0.25, -0.2) is 4.79 Å². The fraction of sp³-hybridized carbons (Fsp3) is 0.467. The average molecular weight is 358 g/mol. The van der Waals surface area contributed by atoms with E-state index in [0.717, 1.165) is 0 Å². The van der Waals surface area contributed by atoms with E-state index in [1.54, 1.807) is 24.5 Å². The maximum absolute atomic E-state index is 13.6. The summed E-state index contributed by atoms with van der Waals surface area (Å²) in [5, 5.41) is 3.25. The van der Waals surface area contributed by atoms with Crippen molar-refractivity contribution in [3.8, 4) is 0 Å². The minimum atomic E-state index is -5.20. The van der Waals surface area contributed by atoms with E-state index >= 15 is 0 Å². The molecule has 1 aromatic rings. The zero-order chi connectivity index (χ0) is 18.8. The summed E-state index contributed by atoms with van der Waals surface area (Å²) in [5.74, 6) is -2.78. The van der Waals surface area contributed by atoms with Gasteiger partial charge in [0.25, 0.3) is 11.6 Å². The highest BCUT2D eigenvalue weighted by Gasteiger charge is 2.68. The molecule has 10 heteroatoms. The second-order valence-electron chi connectivity index (χ2n) is 6.08. The number of nitrogens with zero attached hydrogens (tertiary/aromatic N) is 2. The van der Waals surface area contributed by atoms with E-state index in [1.807, 2.05) is 0 Å². The number of imide groups is 1. The number of nitrogens with one attached hydrogen (secondary N) is 2. The Bertz CT molecular complexity index is 678. The number of urea groups is 1. The molecule has 7 nitrogen and oxygen atoms in total. The van der Waals surface area contributed by atoms with Crippen molar-refractivity contribution < 1.29 is 27.6 Å². The lowest BCUT2D eigenvalue weighted by atomic mass is 10.1. The molecule has 136 valence electrons. The van der Waals surface area contributed by atoms with Crippen molar-refractivity contribution in [1.82, 2.24) is 20.5 Å². The zero-order valence-corrected chi connectivity index (χ0v) is 13.6. The molecule has 0 aliphatic carbocycles. The van der Waals surface area contributed by atoms with Gasteiger partial charge in [-0.15, -0.1) is 0 Å². The average Bonchev–Trinajstić information content (AvgIpc) is 2.72. The SMILES string of the molecule is CC(C)CC(=O)NC1(C(F)(F)F)NC(=O)N(Cc2cccnc2)C1=O. The summed E-state index contributed by atoms with van der Waals surface area (Å²) in [7, 11) is 0. The molecule has 4 amide bonds. The smallest absolute Gasteiger partial charge is 0.318 e. The number of hydrogen-bond donors (Lipinski definition) is 2. The number of carbonyl (C=O) groups excluding carboxylic acids is 3. The van der Waals surface area contributed by atoms with Gasteiger partial charge in [0.15, 0.2) is 0 Å². The number of carbonyl (C=O) groups is 3. The predicted octanol–water partition coefficient (Wildman–Crippen LogP) is 1.55. The van der Waals surface area contributed by atoms with Crippen LogP contribution in [-0.2, 0) is 16.1 Å². The van der Waals surface area contributed by atoms with Crippen LogP contribution in [0.4, 0.5) is 18.0 Å². The Morgan fingerprint density at radius 2 is 2.08 bits per heavy atom. The van der Waals surface area contributed by atoms with Crippen molar-refractivity contribution in [3.05, 3.63) is 30.1 Å². The van der Waals surface area contributed by atoms with Gasteiger partial charge in [0.2, 0.25) is 5.91 Å². The fourth-order valence-corrected chi connectivity index (χ4v) is 2.37. The molecule has 2 N–H and O–H groups in total. The molecule has 2 heterocycles. The Labute approximate surface area is 141 Å². The van der Waals surface area contributed by atoms with E-state index < -0.39 is 36.2 Å². The number of hydrogen-bond acceptors (Lipinski definition) is 4. The van der Waals surface area contributed by atoms with Gasteiger partial charge in [0.1, 0.15) is 0 Å². The number of halogens is 3. The molecule has 0 aromatic carbocycles. The van der Waals surface area contributed by atoms with Crippen molar-refractivity contribution in [3.63, 3.8) is 0 Å². The zero-order valence-electron chi connectivity index (χ0n) is 13.6. The Morgan fingerprint density at radius 3 is 2.60 bits per heavy atom. The largest absolute Gasteiger partial charge is 0.440 e. The van der Waals surface area contributed by atoms with Crippen LogP contribution < -0.4 is 10.6 Å². The van der Waals surface area contributed by atoms with E-state index in [0.29, 0.717) is 10.5 Å². The molecule has 1 saturated heterocycles. The molecule has 0 radical (unpaired) electrons. The Morgan fingerprint density at radius 1 is 1.40 bits per heavy atom. The minimum absolute atomic E-state index is 0.219. The quantitative estimate of drug-likeness (QED) is 0.782. The number of rotatable bonds is 5. The van der Waals surface area contributed by atoms with Crippen molar-refractivity contribution in [1.29, 1.82) is 0 Å². The highest BCUT2D eigenvalue weighted by Crippen LogP contribution is 2.34. The summed E-state index contributed by atoms with van der Waals surface area (Å²) in [4.78, 5) is 40.4. The van der Waals surface area contributed by atoms with Crippen LogP contribution in [0.3, 0.4) is 0 Å². The van der Waals surface area contributed by atoms with Gasteiger partial charge in [0, 0.05) is 18.8 Å². The molecule has 1 aromatic heterocycles. The molecule has 2 rings (SSSR count). The van der Waals surface area contributed by atoms with Crippen molar-refractivity contribution in [2.24, 2.45) is 5.92 Å². The Balaban J connectivity index is 2.30. The van der Waals surface area contributed by atoms with E-state index in [4.69, 9.17) is 0 Å². The summed E-state index contributed by atoms with van der Waals surface area (Å²) in [6.07, 6.45) is -2.65. The van der Waals surface area contributed by atoms with E-state index in [-0.39, 0.29) is 12.3 Å². The van der Waals surface area contributed by atoms with Crippen LogP contribution in [0.2, 0.25) is 0 Å². The van der Waals surface area contributed by atoms with Crippen LogP contribution in [0.15, 0.2) is 24.5 Å². The molecule has 1 fully saturated rings. The first-order valence-electron chi connectivity index (χ1n) is 7.47. The molecule has 1 unspecified atom stereocenters. The first-order chi connectivity index (χ1) is 11.6. The lowest BCUT2D eigenvalue weighted by Crippen LogP contribution is -2.69. The maximum atomic E-state index is 13.6. The van der Waals surface area contributed by atoms with Gasteiger partial charge in [-0.3, -0.25) is 24.8 Å². The lowest BCUT2D eigenvalue weighted by molar-refractivity contribution is -0.204. The molecule has 0 saturated carbocycles. The van der Waals surface area contributed by atoms with Gasteiger partial charge >= 0.3 is 12.2 Å². The van der Waals surface area contributed by atoms with Gasteiger partial charge in [-0.05, 0) is 17.5 Å². The number of pyridine rings is 1. The van der Waals surface area contributed by atoms with Crippen molar-refractivity contribution in [2.75, 3.05) is 0 Å². The van der Waals surface area contributed by atoms with Crippen molar-refractivity contribution in [2.45, 2.75) is 38.7 Å². The Kier molecular flexibility index (Phi) is 5.00. The molecule has 1 atom stereocenters. The molecule has 1 aliphatic rings. The normalized spacial score (nSPS) is 20.8. The van der Waals surface area contributed by atoms with Crippen LogP contribution >= 0.6 is 0 Å². The maximum Gasteiger partial charge on any atom is 0.440 e. The van der Waals surface area contributed by atoms with E-state index in [1.165, 1.54) is 24.5 Å². The van der Waals surface area contributed by atoms with Crippen LogP contribution in [0.25, 0.3) is 0 Å². The minimum Gasteiger partial charge on any atom is -0.318 e. The van der Waals surface area contributed by atoms with Crippen LogP contribution in [0.1, 0.15) is 25.8 Å². The van der Waals surface area contributed by atoms with Gasteiger partial charge < -0.3 is 5.32 Å².